The minimum Gasteiger partial charge on any atom is -0.394 e. The summed E-state index contributed by atoms with van der Waals surface area (Å²) in [6.45, 7) is 0.169. The van der Waals surface area contributed by atoms with Gasteiger partial charge in [-0.1, -0.05) is 18.2 Å². The molecule has 0 aromatic heterocycles. The second kappa shape index (κ2) is 4.39. The largest absolute Gasteiger partial charge is 0.394 e. The average molecular weight is 199 g/mol. The smallest absolute Gasteiger partial charge is 0.0723 e. The molecule has 0 aliphatic heterocycles. The zero-order valence-electron chi connectivity index (χ0n) is 7.51. The fourth-order valence-electron chi connectivity index (χ4n) is 0.963. The summed E-state index contributed by atoms with van der Waals surface area (Å²) in [6.07, 6.45) is 1.58. The van der Waals surface area contributed by atoms with Crippen LogP contribution in [-0.4, -0.2) is 28.7 Å². The van der Waals surface area contributed by atoms with Crippen LogP contribution in [0.25, 0.3) is 0 Å². The van der Waals surface area contributed by atoms with Gasteiger partial charge in [0.1, 0.15) is 0 Å². The van der Waals surface area contributed by atoms with Gasteiger partial charge in [0.05, 0.1) is 22.9 Å². The van der Waals surface area contributed by atoms with E-state index in [-0.39, 0.29) is 13.2 Å². The Kier molecular flexibility index (Phi) is 3.45. The van der Waals surface area contributed by atoms with Crippen LogP contribution in [0.2, 0.25) is 0 Å². The zero-order chi connectivity index (χ0) is 9.73. The van der Waals surface area contributed by atoms with Gasteiger partial charge in [0.25, 0.3) is 0 Å². The first-order chi connectivity index (χ1) is 6.17. The molecule has 1 atom stereocenters. The van der Waals surface area contributed by atoms with Crippen molar-refractivity contribution in [1.29, 1.82) is 0 Å². The Hall–Kier alpha value is -0.870. The van der Waals surface area contributed by atoms with Crippen molar-refractivity contribution in [2.75, 3.05) is 19.4 Å². The Morgan fingerprint density at radius 3 is 2.54 bits per heavy atom. The highest BCUT2D eigenvalue weighted by Gasteiger charge is 2.02. The first-order valence-corrected chi connectivity index (χ1v) is 5.93. The molecule has 13 heavy (non-hydrogen) atoms. The van der Waals surface area contributed by atoms with Crippen LogP contribution in [0.4, 0.5) is 0 Å². The molecule has 4 heteroatoms. The minimum atomic E-state index is -2.31. The maximum absolute atomic E-state index is 11.9. The molecule has 1 rings (SSSR count). The third-order valence-electron chi connectivity index (χ3n) is 1.62. The number of benzene rings is 1. The van der Waals surface area contributed by atoms with E-state index in [2.05, 4.69) is 4.36 Å². The number of rotatable bonds is 3. The lowest BCUT2D eigenvalue weighted by atomic mass is 10.4. The molecule has 0 saturated carbocycles. The predicted molar refractivity (Wildman–Crippen MR) is 53.2 cm³/mol. The molecule has 1 N–H and O–H groups in total. The second-order valence-corrected chi connectivity index (χ2v) is 5.03. The van der Waals surface area contributed by atoms with Crippen LogP contribution in [0, 0.1) is 0 Å². The quantitative estimate of drug-likeness (QED) is 0.793. The van der Waals surface area contributed by atoms with Crippen molar-refractivity contribution in [2.24, 2.45) is 4.36 Å². The fraction of sp³-hybridized carbons (Fsp3) is 0.333. The van der Waals surface area contributed by atoms with E-state index in [0.717, 1.165) is 0 Å². The number of aliphatic hydroxyl groups is 1. The SMILES string of the molecule is C[S@](=O)(=NCCO)c1ccccc1. The van der Waals surface area contributed by atoms with E-state index >= 15 is 0 Å². The van der Waals surface area contributed by atoms with Gasteiger partial charge in [-0.25, -0.2) is 8.57 Å². The van der Waals surface area contributed by atoms with Crippen LogP contribution in [-0.2, 0) is 9.73 Å². The number of hydrogen-bond donors (Lipinski definition) is 1. The van der Waals surface area contributed by atoms with Crippen molar-refractivity contribution < 1.29 is 9.32 Å². The summed E-state index contributed by atoms with van der Waals surface area (Å²) >= 11 is 0. The summed E-state index contributed by atoms with van der Waals surface area (Å²) in [5, 5.41) is 8.56. The van der Waals surface area contributed by atoms with Crippen molar-refractivity contribution in [1.82, 2.24) is 0 Å². The van der Waals surface area contributed by atoms with Gasteiger partial charge in [0, 0.05) is 11.2 Å². The summed E-state index contributed by atoms with van der Waals surface area (Å²) in [6, 6.07) is 9.08. The molecule has 0 heterocycles. The molecular weight excluding hydrogens is 186 g/mol. The lowest BCUT2D eigenvalue weighted by Crippen LogP contribution is -2.00. The second-order valence-electron chi connectivity index (χ2n) is 2.69. The van der Waals surface area contributed by atoms with E-state index in [1.807, 2.05) is 18.2 Å². The summed E-state index contributed by atoms with van der Waals surface area (Å²) in [7, 11) is -2.31. The Morgan fingerprint density at radius 2 is 2.00 bits per heavy atom. The average Bonchev–Trinajstić information content (AvgIpc) is 2.16. The highest BCUT2D eigenvalue weighted by molar-refractivity contribution is 7.93. The molecule has 0 amide bonds. The summed E-state index contributed by atoms with van der Waals surface area (Å²) < 4.78 is 15.8. The van der Waals surface area contributed by atoms with Crippen LogP contribution in [0.5, 0.6) is 0 Å². The topological polar surface area (TPSA) is 49.7 Å². The molecule has 1 aromatic rings. The fourth-order valence-corrected chi connectivity index (χ4v) is 2.20. The van der Waals surface area contributed by atoms with Crippen molar-refractivity contribution in [3.8, 4) is 0 Å². The highest BCUT2D eigenvalue weighted by atomic mass is 32.2. The highest BCUT2D eigenvalue weighted by Crippen LogP contribution is 2.09. The molecule has 3 nitrogen and oxygen atoms in total. The van der Waals surface area contributed by atoms with Gasteiger partial charge in [-0.05, 0) is 12.1 Å². The van der Waals surface area contributed by atoms with Crippen molar-refractivity contribution in [3.63, 3.8) is 0 Å². The molecule has 0 spiro atoms. The van der Waals surface area contributed by atoms with Crippen LogP contribution in [0.3, 0.4) is 0 Å². The van der Waals surface area contributed by atoms with E-state index in [9.17, 15) is 4.21 Å². The number of hydrogen-bond acceptors (Lipinski definition) is 3. The van der Waals surface area contributed by atoms with Gasteiger partial charge in [-0.2, -0.15) is 0 Å². The minimum absolute atomic E-state index is 0.0579. The molecule has 0 fully saturated rings. The van der Waals surface area contributed by atoms with Crippen LogP contribution in [0.1, 0.15) is 0 Å². The lowest BCUT2D eigenvalue weighted by molar-refractivity contribution is 0.307. The van der Waals surface area contributed by atoms with E-state index < -0.39 is 9.73 Å². The lowest BCUT2D eigenvalue weighted by Gasteiger charge is -2.02. The van der Waals surface area contributed by atoms with E-state index in [4.69, 9.17) is 5.11 Å². The first-order valence-electron chi connectivity index (χ1n) is 4.00. The molecule has 0 unspecified atom stereocenters. The number of nitrogens with zero attached hydrogens (tertiary/aromatic N) is 1. The third-order valence-corrected chi connectivity index (χ3v) is 3.44. The molecule has 0 aliphatic rings. The van der Waals surface area contributed by atoms with Gasteiger partial charge in [-0.15, -0.1) is 0 Å². The molecule has 72 valence electrons. The number of aliphatic hydroxyl groups excluding tert-OH is 1. The molecule has 0 saturated heterocycles. The summed E-state index contributed by atoms with van der Waals surface area (Å²) in [5.74, 6) is 0. The Bertz CT molecular complexity index is 366. The van der Waals surface area contributed by atoms with Crippen LogP contribution in [0.15, 0.2) is 39.6 Å². The van der Waals surface area contributed by atoms with E-state index in [1.165, 1.54) is 0 Å². The maximum atomic E-state index is 11.9. The van der Waals surface area contributed by atoms with E-state index in [0.29, 0.717) is 4.90 Å². The predicted octanol–water partition coefficient (Wildman–Crippen LogP) is 1.14. The molecule has 0 aliphatic carbocycles. The third kappa shape index (κ3) is 2.82. The van der Waals surface area contributed by atoms with Gasteiger partial charge in [0.2, 0.25) is 0 Å². The Morgan fingerprint density at radius 1 is 1.38 bits per heavy atom. The zero-order valence-corrected chi connectivity index (χ0v) is 8.33. The first kappa shape index (κ1) is 10.2. The van der Waals surface area contributed by atoms with Crippen LogP contribution >= 0.6 is 0 Å². The normalized spacial score (nSPS) is 14.9. The maximum Gasteiger partial charge on any atom is 0.0723 e. The van der Waals surface area contributed by atoms with Gasteiger partial charge < -0.3 is 5.11 Å². The Labute approximate surface area is 78.6 Å². The molecule has 0 radical (unpaired) electrons. The summed E-state index contributed by atoms with van der Waals surface area (Å²) in [5.41, 5.74) is 0. The van der Waals surface area contributed by atoms with Crippen molar-refractivity contribution in [2.45, 2.75) is 4.90 Å². The van der Waals surface area contributed by atoms with Gasteiger partial charge in [-0.3, -0.25) is 0 Å². The van der Waals surface area contributed by atoms with Crippen molar-refractivity contribution in [3.05, 3.63) is 30.3 Å². The molecule has 1 aromatic carbocycles. The summed E-state index contributed by atoms with van der Waals surface area (Å²) in [4.78, 5) is 0.712. The Balaban J connectivity index is 3.01. The monoisotopic (exact) mass is 199 g/mol. The molecule has 0 bridgehead atoms. The molecular formula is C9H13NO2S. The van der Waals surface area contributed by atoms with Crippen LogP contribution < -0.4 is 0 Å². The van der Waals surface area contributed by atoms with Gasteiger partial charge in [0.15, 0.2) is 0 Å². The van der Waals surface area contributed by atoms with Crippen molar-refractivity contribution >= 4 is 9.73 Å². The standard InChI is InChI=1S/C9H13NO2S/c1-13(12,10-7-8-11)9-5-3-2-4-6-9/h2-6,11H,7-8H2,1H3/t13-/m1/s1. The van der Waals surface area contributed by atoms with E-state index in [1.54, 1.807) is 18.4 Å². The van der Waals surface area contributed by atoms with Gasteiger partial charge >= 0.3 is 0 Å².